The molecule has 0 atom stereocenters. The molecule has 0 radical (unpaired) electrons. The highest BCUT2D eigenvalue weighted by Gasteiger charge is 2.06. The van der Waals surface area contributed by atoms with Crippen molar-refractivity contribution in [3.8, 4) is 0 Å². The van der Waals surface area contributed by atoms with Crippen molar-refractivity contribution in [1.29, 1.82) is 0 Å². The highest BCUT2D eigenvalue weighted by molar-refractivity contribution is 5.70. The molecule has 0 heterocycles. The molecule has 0 unspecified atom stereocenters. The second-order valence-corrected chi connectivity index (χ2v) is 14.4. The molecule has 0 aliphatic carbocycles. The maximum atomic E-state index is 11.6. The predicted molar refractivity (Wildman–Crippen MR) is 214 cm³/mol. The monoisotopic (exact) mass is 741 g/mol. The zero-order valence-electron chi connectivity index (χ0n) is 34.7. The minimum Gasteiger partial charge on any atom is -0.466 e. The summed E-state index contributed by atoms with van der Waals surface area (Å²) in [5.41, 5.74) is 0. The van der Waals surface area contributed by atoms with Gasteiger partial charge in [-0.15, -0.1) is 0 Å². The Labute approximate surface area is 321 Å². The average molecular weight is 741 g/mol. The number of hydrogen-bond acceptors (Lipinski definition) is 8. The third-order valence-corrected chi connectivity index (χ3v) is 9.07. The van der Waals surface area contributed by atoms with Crippen LogP contribution in [0, 0.1) is 0 Å². The Morgan fingerprint density at radius 2 is 0.423 bits per heavy atom. The van der Waals surface area contributed by atoms with Crippen LogP contribution in [0.2, 0.25) is 0 Å². The number of esters is 4. The van der Waals surface area contributed by atoms with Crippen LogP contribution in [0.15, 0.2) is 0 Å². The standard InChI is InChI=1S/C23H44O4.C21H40O4/c1-3-5-7-12-16-20-26-22(24)18-14-10-9-11-15-19-23(25)27-21-17-13-8-6-4-2;1-3-5-7-14-18-24-20(22)16-12-10-9-11-13-17-21(23)25-19-15-8-6-4-2/h3-21H2,1-2H3;3-19H2,1-2H3. The summed E-state index contributed by atoms with van der Waals surface area (Å²) in [6.07, 6.45) is 32.7. The first-order valence-electron chi connectivity index (χ1n) is 22.0. The van der Waals surface area contributed by atoms with Crippen LogP contribution < -0.4 is 0 Å². The SMILES string of the molecule is CCCCCCCOC(=O)CCCCCCCC(=O)OCCCCCCC.CCCCCCOC(=O)CCCCCCCC(=O)OCCCCCC. The molecule has 0 saturated heterocycles. The lowest BCUT2D eigenvalue weighted by molar-refractivity contribution is -0.145. The van der Waals surface area contributed by atoms with Crippen molar-refractivity contribution in [1.82, 2.24) is 0 Å². The van der Waals surface area contributed by atoms with Crippen LogP contribution in [0.3, 0.4) is 0 Å². The minimum atomic E-state index is -0.0665. The van der Waals surface area contributed by atoms with E-state index in [1.54, 1.807) is 0 Å². The van der Waals surface area contributed by atoms with E-state index in [-0.39, 0.29) is 23.9 Å². The van der Waals surface area contributed by atoms with Gasteiger partial charge in [0.2, 0.25) is 0 Å². The van der Waals surface area contributed by atoms with Crippen LogP contribution in [0.1, 0.15) is 233 Å². The van der Waals surface area contributed by atoms with Gasteiger partial charge in [0.15, 0.2) is 0 Å². The molecule has 0 aromatic carbocycles. The molecule has 0 N–H and O–H groups in total. The predicted octanol–water partition coefficient (Wildman–Crippen LogP) is 12.7. The number of carbonyl (C=O) groups excluding carboxylic acids is 4. The molecule has 52 heavy (non-hydrogen) atoms. The maximum absolute atomic E-state index is 11.6. The second kappa shape index (κ2) is 45.0. The normalized spacial score (nSPS) is 10.7. The van der Waals surface area contributed by atoms with Gasteiger partial charge in [0.05, 0.1) is 26.4 Å². The maximum Gasteiger partial charge on any atom is 0.305 e. The number of rotatable bonds is 38. The molecule has 308 valence electrons. The van der Waals surface area contributed by atoms with Gasteiger partial charge in [-0.1, -0.05) is 156 Å². The number of hydrogen-bond donors (Lipinski definition) is 0. The first-order chi connectivity index (χ1) is 25.4. The highest BCUT2D eigenvalue weighted by Crippen LogP contribution is 2.11. The van der Waals surface area contributed by atoms with Crippen LogP contribution in [-0.4, -0.2) is 50.3 Å². The highest BCUT2D eigenvalue weighted by atomic mass is 16.5. The quantitative estimate of drug-likeness (QED) is 0.0350. The van der Waals surface area contributed by atoms with E-state index in [0.717, 1.165) is 116 Å². The minimum absolute atomic E-state index is 0.0620. The third-order valence-electron chi connectivity index (χ3n) is 9.07. The van der Waals surface area contributed by atoms with E-state index in [9.17, 15) is 19.2 Å². The molecule has 0 saturated carbocycles. The van der Waals surface area contributed by atoms with Crippen molar-refractivity contribution in [3.63, 3.8) is 0 Å². The topological polar surface area (TPSA) is 105 Å². The number of unbranched alkanes of at least 4 members (excludes halogenated alkanes) is 22. The van der Waals surface area contributed by atoms with E-state index >= 15 is 0 Å². The molecular weight excluding hydrogens is 656 g/mol. The summed E-state index contributed by atoms with van der Waals surface area (Å²) in [6, 6.07) is 0. The summed E-state index contributed by atoms with van der Waals surface area (Å²) in [7, 11) is 0. The van der Waals surface area contributed by atoms with E-state index in [0.29, 0.717) is 52.1 Å². The van der Waals surface area contributed by atoms with Gasteiger partial charge in [0.25, 0.3) is 0 Å². The lowest BCUT2D eigenvalue weighted by atomic mass is 10.1. The molecule has 0 amide bonds. The smallest absolute Gasteiger partial charge is 0.305 e. The van der Waals surface area contributed by atoms with E-state index in [4.69, 9.17) is 18.9 Å². The average Bonchev–Trinajstić information content (AvgIpc) is 3.13. The Balaban J connectivity index is 0. The fourth-order valence-corrected chi connectivity index (χ4v) is 5.64. The lowest BCUT2D eigenvalue weighted by Gasteiger charge is -2.06. The van der Waals surface area contributed by atoms with E-state index < -0.39 is 0 Å². The van der Waals surface area contributed by atoms with Gasteiger partial charge in [-0.05, 0) is 51.4 Å². The van der Waals surface area contributed by atoms with Crippen LogP contribution in [0.5, 0.6) is 0 Å². The van der Waals surface area contributed by atoms with Gasteiger partial charge < -0.3 is 18.9 Å². The largest absolute Gasteiger partial charge is 0.466 e. The summed E-state index contributed by atoms with van der Waals surface area (Å²) < 4.78 is 20.9. The lowest BCUT2D eigenvalue weighted by Crippen LogP contribution is -2.06. The molecule has 8 heteroatoms. The summed E-state index contributed by atoms with van der Waals surface area (Å²) >= 11 is 0. The van der Waals surface area contributed by atoms with E-state index in [1.165, 1.54) is 64.2 Å². The molecule has 0 aliphatic heterocycles. The van der Waals surface area contributed by atoms with Crippen molar-refractivity contribution in [2.75, 3.05) is 26.4 Å². The Morgan fingerprint density at radius 1 is 0.250 bits per heavy atom. The van der Waals surface area contributed by atoms with E-state index in [2.05, 4.69) is 27.7 Å². The van der Waals surface area contributed by atoms with Crippen LogP contribution in [0.4, 0.5) is 0 Å². The van der Waals surface area contributed by atoms with E-state index in [1.807, 2.05) is 0 Å². The summed E-state index contributed by atoms with van der Waals surface area (Å²) in [5.74, 6) is -0.257. The Morgan fingerprint density at radius 3 is 0.654 bits per heavy atom. The first-order valence-corrected chi connectivity index (χ1v) is 22.0. The van der Waals surface area contributed by atoms with Gasteiger partial charge >= 0.3 is 23.9 Å². The third kappa shape index (κ3) is 45.9. The molecule has 0 spiro atoms. The van der Waals surface area contributed by atoms with Crippen molar-refractivity contribution >= 4 is 23.9 Å². The molecule has 0 fully saturated rings. The molecule has 0 bridgehead atoms. The number of carbonyl (C=O) groups is 4. The first kappa shape index (κ1) is 52.0. The van der Waals surface area contributed by atoms with Gasteiger partial charge in [-0.25, -0.2) is 0 Å². The van der Waals surface area contributed by atoms with Crippen LogP contribution >= 0.6 is 0 Å². The van der Waals surface area contributed by atoms with Crippen molar-refractivity contribution in [2.45, 2.75) is 233 Å². The summed E-state index contributed by atoms with van der Waals surface area (Å²) in [5, 5.41) is 0. The van der Waals surface area contributed by atoms with Crippen molar-refractivity contribution < 1.29 is 38.1 Å². The fourth-order valence-electron chi connectivity index (χ4n) is 5.64. The van der Waals surface area contributed by atoms with Crippen molar-refractivity contribution in [2.24, 2.45) is 0 Å². The Kier molecular flexibility index (Phi) is 45.0. The molecular formula is C44H84O8. The van der Waals surface area contributed by atoms with Gasteiger partial charge in [-0.2, -0.15) is 0 Å². The zero-order valence-corrected chi connectivity index (χ0v) is 34.7. The molecule has 0 aromatic heterocycles. The van der Waals surface area contributed by atoms with Gasteiger partial charge in [0, 0.05) is 25.7 Å². The fraction of sp³-hybridized carbons (Fsp3) is 0.909. The van der Waals surface area contributed by atoms with Gasteiger partial charge in [-0.3, -0.25) is 19.2 Å². The summed E-state index contributed by atoms with van der Waals surface area (Å²) in [6.45, 7) is 11.0. The molecule has 0 rings (SSSR count). The molecule has 0 aromatic rings. The zero-order chi connectivity index (χ0) is 38.6. The second-order valence-electron chi connectivity index (χ2n) is 14.4. The molecule has 0 aliphatic rings. The Hall–Kier alpha value is -2.12. The van der Waals surface area contributed by atoms with Crippen LogP contribution in [0.25, 0.3) is 0 Å². The summed E-state index contributed by atoms with van der Waals surface area (Å²) in [4.78, 5) is 46.3. The van der Waals surface area contributed by atoms with Crippen LogP contribution in [-0.2, 0) is 38.1 Å². The van der Waals surface area contributed by atoms with Gasteiger partial charge in [0.1, 0.15) is 0 Å². The van der Waals surface area contributed by atoms with Crippen molar-refractivity contribution in [3.05, 3.63) is 0 Å². The molecule has 8 nitrogen and oxygen atoms in total. The Bertz CT molecular complexity index is 722. The number of ether oxygens (including phenoxy) is 4.